The van der Waals surface area contributed by atoms with E-state index in [9.17, 15) is 19.4 Å². The number of carboxylic acids is 1. The van der Waals surface area contributed by atoms with Gasteiger partial charge in [0.2, 0.25) is 0 Å². The number of carboxylic acid groups (broad SMARTS) is 1. The van der Waals surface area contributed by atoms with Crippen molar-refractivity contribution in [3.63, 3.8) is 0 Å². The standard InChI is InChI=1S/C31H30ClFN2O5S/c1-15-4-3-5-21(32)24(15)25-20(27(40-35-25)16-6-7-16)14-39-30(2)12-18-8-9-19(13-30)31(18,38)29-34-26-22(33)10-17(28(36)37)11-23(26)41-29/h3-5,10-11,16,18-19,38H,6-9,12-14H2,1-2H3,(H,36,37)/t18-,19+,30?,31?. The lowest BCUT2D eigenvalue weighted by molar-refractivity contribution is -0.158. The number of rotatable bonds is 7. The van der Waals surface area contributed by atoms with Crippen LogP contribution in [-0.2, 0) is 16.9 Å². The highest BCUT2D eigenvalue weighted by Gasteiger charge is 2.59. The maximum atomic E-state index is 14.7. The molecule has 3 aliphatic carbocycles. The van der Waals surface area contributed by atoms with Crippen molar-refractivity contribution in [2.24, 2.45) is 11.8 Å². The van der Waals surface area contributed by atoms with Gasteiger partial charge in [-0.15, -0.1) is 11.3 Å². The van der Waals surface area contributed by atoms with E-state index in [0.717, 1.165) is 59.9 Å². The van der Waals surface area contributed by atoms with Gasteiger partial charge in [-0.05, 0) is 88.0 Å². The summed E-state index contributed by atoms with van der Waals surface area (Å²) in [7, 11) is 0. The number of ether oxygens (including phenoxy) is 1. The number of thiazole rings is 1. The van der Waals surface area contributed by atoms with Crippen LogP contribution in [0.15, 0.2) is 34.9 Å². The lowest BCUT2D eigenvalue weighted by Gasteiger charge is -2.46. The topological polar surface area (TPSA) is 106 Å². The van der Waals surface area contributed by atoms with Crippen LogP contribution in [0, 0.1) is 24.6 Å². The smallest absolute Gasteiger partial charge is 0.335 e. The Labute approximate surface area is 245 Å². The summed E-state index contributed by atoms with van der Waals surface area (Å²) in [5.41, 5.74) is 1.82. The first-order valence-corrected chi connectivity index (χ1v) is 15.2. The zero-order chi connectivity index (χ0) is 28.7. The van der Waals surface area contributed by atoms with E-state index in [1.54, 1.807) is 0 Å². The second-order valence-corrected chi connectivity index (χ2v) is 13.6. The SMILES string of the molecule is Cc1cccc(Cl)c1-c1noc(C2CC2)c1COC1(C)C[C@H]2CC[C@@H](C1)C2(O)c1nc2c(F)cc(C(=O)O)cc2s1. The fourth-order valence-corrected chi connectivity index (χ4v) is 8.65. The van der Waals surface area contributed by atoms with Crippen LogP contribution < -0.4 is 0 Å². The van der Waals surface area contributed by atoms with Crippen molar-refractivity contribution in [1.29, 1.82) is 0 Å². The first kappa shape index (κ1) is 27.0. The molecule has 214 valence electrons. The number of aryl methyl sites for hydroxylation is 1. The number of halogens is 2. The number of benzene rings is 2. The molecular weight excluding hydrogens is 567 g/mol. The largest absolute Gasteiger partial charge is 0.478 e. The van der Waals surface area contributed by atoms with E-state index in [1.165, 1.54) is 17.4 Å². The summed E-state index contributed by atoms with van der Waals surface area (Å²) in [6.45, 7) is 4.43. The predicted molar refractivity (Wildman–Crippen MR) is 153 cm³/mol. The monoisotopic (exact) mass is 596 g/mol. The van der Waals surface area contributed by atoms with Gasteiger partial charge >= 0.3 is 5.97 Å². The summed E-state index contributed by atoms with van der Waals surface area (Å²) in [6.07, 6.45) is 4.97. The highest BCUT2D eigenvalue weighted by atomic mass is 35.5. The van der Waals surface area contributed by atoms with Gasteiger partial charge in [-0.2, -0.15) is 0 Å². The Balaban J connectivity index is 1.16. The van der Waals surface area contributed by atoms with Gasteiger partial charge < -0.3 is 19.5 Å². The molecule has 4 aromatic rings. The van der Waals surface area contributed by atoms with Crippen molar-refractivity contribution in [2.75, 3.05) is 0 Å². The normalized spacial score (nSPS) is 27.5. The minimum absolute atomic E-state index is 0.106. The molecule has 0 saturated heterocycles. The van der Waals surface area contributed by atoms with Crippen LogP contribution in [0.3, 0.4) is 0 Å². The van der Waals surface area contributed by atoms with E-state index in [2.05, 4.69) is 17.1 Å². The molecule has 0 radical (unpaired) electrons. The van der Waals surface area contributed by atoms with Gasteiger partial charge in [0.25, 0.3) is 0 Å². The first-order chi connectivity index (χ1) is 19.6. The Hall–Kier alpha value is -2.85. The second kappa shape index (κ2) is 9.59. The van der Waals surface area contributed by atoms with E-state index in [4.69, 9.17) is 20.9 Å². The lowest BCUT2D eigenvalue weighted by Crippen LogP contribution is -2.49. The molecule has 2 unspecified atom stereocenters. The number of nitrogens with zero attached hydrogens (tertiary/aromatic N) is 2. The Morgan fingerprint density at radius 2 is 1.95 bits per heavy atom. The van der Waals surface area contributed by atoms with Crippen molar-refractivity contribution in [1.82, 2.24) is 10.1 Å². The molecule has 2 aromatic heterocycles. The minimum atomic E-state index is -1.21. The van der Waals surface area contributed by atoms with E-state index in [1.807, 2.05) is 25.1 Å². The second-order valence-electron chi connectivity index (χ2n) is 12.2. The quantitative estimate of drug-likeness (QED) is 0.226. The third-order valence-electron chi connectivity index (χ3n) is 9.29. The van der Waals surface area contributed by atoms with Crippen LogP contribution in [0.1, 0.15) is 83.6 Å². The van der Waals surface area contributed by atoms with Crippen LogP contribution in [0.25, 0.3) is 21.5 Å². The van der Waals surface area contributed by atoms with Gasteiger partial charge in [0, 0.05) is 17.0 Å². The zero-order valence-corrected chi connectivity index (χ0v) is 24.3. The van der Waals surface area contributed by atoms with Crippen LogP contribution in [0.2, 0.25) is 5.02 Å². The molecule has 10 heteroatoms. The summed E-state index contributed by atoms with van der Waals surface area (Å²) in [5, 5.41) is 27.0. The van der Waals surface area contributed by atoms with Crippen LogP contribution in [0.5, 0.6) is 0 Å². The summed E-state index contributed by atoms with van der Waals surface area (Å²) in [6, 6.07) is 8.20. The van der Waals surface area contributed by atoms with Gasteiger partial charge in [-0.1, -0.05) is 28.9 Å². The molecule has 2 bridgehead atoms. The number of aliphatic hydroxyl groups is 1. The number of aromatic nitrogens is 2. The maximum absolute atomic E-state index is 14.7. The molecule has 3 saturated carbocycles. The molecule has 7 nitrogen and oxygen atoms in total. The predicted octanol–water partition coefficient (Wildman–Crippen LogP) is 7.61. The average molecular weight is 597 g/mol. The maximum Gasteiger partial charge on any atom is 0.335 e. The Morgan fingerprint density at radius 1 is 1.22 bits per heavy atom. The fourth-order valence-electron chi connectivity index (χ4n) is 7.07. The van der Waals surface area contributed by atoms with E-state index in [0.29, 0.717) is 40.1 Å². The van der Waals surface area contributed by atoms with Gasteiger partial charge in [0.15, 0.2) is 5.82 Å². The summed E-state index contributed by atoms with van der Waals surface area (Å²) >= 11 is 7.79. The van der Waals surface area contributed by atoms with Gasteiger partial charge in [0.05, 0.1) is 27.5 Å². The van der Waals surface area contributed by atoms with E-state index >= 15 is 0 Å². The van der Waals surface area contributed by atoms with Gasteiger partial charge in [-0.3, -0.25) is 0 Å². The van der Waals surface area contributed by atoms with Crippen LogP contribution >= 0.6 is 22.9 Å². The molecule has 2 heterocycles. The highest BCUT2D eigenvalue weighted by molar-refractivity contribution is 7.18. The van der Waals surface area contributed by atoms with Crippen LogP contribution in [-0.4, -0.2) is 31.9 Å². The van der Waals surface area contributed by atoms with Crippen LogP contribution in [0.4, 0.5) is 4.39 Å². The van der Waals surface area contributed by atoms with Crippen molar-refractivity contribution in [2.45, 2.75) is 76.1 Å². The minimum Gasteiger partial charge on any atom is -0.478 e. The first-order valence-electron chi connectivity index (χ1n) is 14.0. The van der Waals surface area contributed by atoms with Crippen molar-refractivity contribution in [3.8, 4) is 11.3 Å². The molecular formula is C31H30ClFN2O5S. The summed E-state index contributed by atoms with van der Waals surface area (Å²) in [5.74, 6) is -0.911. The number of carbonyl (C=O) groups is 1. The Bertz CT molecular complexity index is 1660. The van der Waals surface area contributed by atoms with E-state index < -0.39 is 23.0 Å². The molecule has 3 aliphatic rings. The molecule has 0 aliphatic heterocycles. The Morgan fingerprint density at radius 3 is 2.61 bits per heavy atom. The average Bonchev–Trinajstić information content (AvgIpc) is 3.48. The van der Waals surface area contributed by atoms with Crippen molar-refractivity contribution in [3.05, 3.63) is 68.6 Å². The van der Waals surface area contributed by atoms with Crippen molar-refractivity contribution < 1.29 is 28.7 Å². The molecule has 2 aromatic carbocycles. The molecule has 2 N–H and O–H groups in total. The molecule has 7 rings (SSSR count). The Kier molecular flexibility index (Phi) is 6.32. The summed E-state index contributed by atoms with van der Waals surface area (Å²) in [4.78, 5) is 15.9. The van der Waals surface area contributed by atoms with Gasteiger partial charge in [0.1, 0.15) is 27.6 Å². The highest BCUT2D eigenvalue weighted by Crippen LogP contribution is 2.59. The number of fused-ring (bicyclic) bond motifs is 3. The molecule has 3 fully saturated rings. The van der Waals surface area contributed by atoms with Crippen molar-refractivity contribution >= 4 is 39.1 Å². The third-order valence-corrected chi connectivity index (χ3v) is 10.8. The zero-order valence-electron chi connectivity index (χ0n) is 22.7. The lowest BCUT2D eigenvalue weighted by atomic mass is 9.68. The summed E-state index contributed by atoms with van der Waals surface area (Å²) < 4.78 is 27.7. The molecule has 41 heavy (non-hydrogen) atoms. The molecule has 0 amide bonds. The number of hydrogen-bond acceptors (Lipinski definition) is 7. The number of hydrogen-bond donors (Lipinski definition) is 2. The van der Waals surface area contributed by atoms with Gasteiger partial charge in [-0.25, -0.2) is 14.2 Å². The fraction of sp³-hybridized carbons (Fsp3) is 0.452. The molecule has 4 atom stereocenters. The molecule has 0 spiro atoms. The number of aromatic carboxylic acids is 1. The third kappa shape index (κ3) is 4.40. The van der Waals surface area contributed by atoms with E-state index in [-0.39, 0.29) is 22.9 Å².